The average Bonchev–Trinajstić information content (AvgIpc) is 2.94. The fourth-order valence-electron chi connectivity index (χ4n) is 3.15. The van der Waals surface area contributed by atoms with Gasteiger partial charge in [-0.05, 0) is 49.9 Å². The summed E-state index contributed by atoms with van der Waals surface area (Å²) in [4.78, 5) is 0. The molecule has 1 spiro atoms. The molecule has 2 heterocycles. The lowest BCUT2D eigenvalue weighted by Gasteiger charge is -2.35. The topological polar surface area (TPSA) is 30.5 Å². The van der Waals surface area contributed by atoms with Crippen molar-refractivity contribution >= 4 is 0 Å². The van der Waals surface area contributed by atoms with Crippen LogP contribution in [0.3, 0.4) is 0 Å². The minimum Gasteiger partial charge on any atom is -0.448 e. The Balaban J connectivity index is 1.52. The minimum atomic E-state index is -0.299. The van der Waals surface area contributed by atoms with Gasteiger partial charge >= 0.3 is 0 Å². The predicted octanol–water partition coefficient (Wildman–Crippen LogP) is 2.63. The lowest BCUT2D eigenvalue weighted by atomic mass is 9.91. The van der Waals surface area contributed by atoms with E-state index in [2.05, 4.69) is 23.5 Å². The molecule has 2 fully saturated rings. The monoisotopic (exact) mass is 245 g/mol. The van der Waals surface area contributed by atoms with Crippen molar-refractivity contribution in [2.75, 3.05) is 6.54 Å². The van der Waals surface area contributed by atoms with Crippen LogP contribution in [0.5, 0.6) is 11.5 Å². The van der Waals surface area contributed by atoms with Crippen LogP contribution in [0.15, 0.2) is 18.2 Å². The first-order valence-electron chi connectivity index (χ1n) is 7.07. The quantitative estimate of drug-likeness (QED) is 0.869. The number of nitrogens with one attached hydrogen (secondary N) is 1. The zero-order valence-corrected chi connectivity index (χ0v) is 10.6. The fraction of sp³-hybridized carbons (Fsp3) is 0.600. The third kappa shape index (κ3) is 1.69. The summed E-state index contributed by atoms with van der Waals surface area (Å²) in [5.74, 6) is 1.58. The molecule has 3 nitrogen and oxygen atoms in total. The van der Waals surface area contributed by atoms with E-state index in [0.29, 0.717) is 6.04 Å². The Morgan fingerprint density at radius 2 is 2.06 bits per heavy atom. The largest absolute Gasteiger partial charge is 0.448 e. The van der Waals surface area contributed by atoms with E-state index in [1.807, 2.05) is 0 Å². The van der Waals surface area contributed by atoms with Gasteiger partial charge in [0.05, 0.1) is 0 Å². The maximum Gasteiger partial charge on any atom is 0.251 e. The van der Waals surface area contributed by atoms with Gasteiger partial charge in [-0.3, -0.25) is 0 Å². The molecule has 1 N–H and O–H groups in total. The molecule has 0 radical (unpaired) electrons. The summed E-state index contributed by atoms with van der Waals surface area (Å²) in [5.41, 5.74) is 1.35. The van der Waals surface area contributed by atoms with Gasteiger partial charge in [0.15, 0.2) is 11.5 Å². The van der Waals surface area contributed by atoms with Crippen molar-refractivity contribution < 1.29 is 9.47 Å². The van der Waals surface area contributed by atoms with Crippen molar-refractivity contribution in [1.29, 1.82) is 0 Å². The van der Waals surface area contributed by atoms with E-state index >= 15 is 0 Å². The molecule has 0 amide bonds. The van der Waals surface area contributed by atoms with Gasteiger partial charge in [-0.2, -0.15) is 0 Å². The number of hydrogen-bond acceptors (Lipinski definition) is 3. The molecular weight excluding hydrogens is 226 g/mol. The Bertz CT molecular complexity index is 462. The van der Waals surface area contributed by atoms with Crippen LogP contribution < -0.4 is 14.8 Å². The maximum atomic E-state index is 5.99. The standard InChI is InChI=1S/C15H19NO2/c1-3-12(16-8-1)9-11-4-5-13-14(10-11)18-15(17-13)6-2-7-15/h4-5,10,12,16H,1-3,6-9H2. The van der Waals surface area contributed by atoms with Crippen molar-refractivity contribution in [3.05, 3.63) is 23.8 Å². The molecule has 0 aromatic heterocycles. The molecule has 1 unspecified atom stereocenters. The van der Waals surface area contributed by atoms with Gasteiger partial charge in [-0.15, -0.1) is 0 Å². The first-order chi connectivity index (χ1) is 8.83. The fourth-order valence-corrected chi connectivity index (χ4v) is 3.15. The van der Waals surface area contributed by atoms with E-state index in [0.717, 1.165) is 30.8 Å². The Morgan fingerprint density at radius 1 is 1.17 bits per heavy atom. The molecule has 1 saturated carbocycles. The zero-order valence-electron chi connectivity index (χ0n) is 10.6. The van der Waals surface area contributed by atoms with Crippen LogP contribution in [-0.4, -0.2) is 18.4 Å². The highest BCUT2D eigenvalue weighted by Crippen LogP contribution is 2.48. The summed E-state index contributed by atoms with van der Waals surface area (Å²) in [7, 11) is 0. The van der Waals surface area contributed by atoms with Gasteiger partial charge < -0.3 is 14.8 Å². The number of fused-ring (bicyclic) bond motifs is 1. The van der Waals surface area contributed by atoms with E-state index in [9.17, 15) is 0 Å². The molecule has 18 heavy (non-hydrogen) atoms. The number of hydrogen-bond donors (Lipinski definition) is 1. The second-order valence-corrected chi connectivity index (χ2v) is 5.75. The molecule has 3 heteroatoms. The van der Waals surface area contributed by atoms with Crippen LogP contribution in [0.25, 0.3) is 0 Å². The average molecular weight is 245 g/mol. The Kier molecular flexibility index (Phi) is 2.31. The highest BCUT2D eigenvalue weighted by Gasteiger charge is 2.47. The summed E-state index contributed by atoms with van der Waals surface area (Å²) >= 11 is 0. The number of benzene rings is 1. The van der Waals surface area contributed by atoms with E-state index in [4.69, 9.17) is 9.47 Å². The molecule has 1 saturated heterocycles. The van der Waals surface area contributed by atoms with Crippen molar-refractivity contribution in [2.24, 2.45) is 0 Å². The van der Waals surface area contributed by atoms with Crippen molar-refractivity contribution in [2.45, 2.75) is 50.4 Å². The van der Waals surface area contributed by atoms with E-state index in [1.165, 1.54) is 31.4 Å². The van der Waals surface area contributed by atoms with Crippen molar-refractivity contribution in [3.63, 3.8) is 0 Å². The third-order valence-corrected chi connectivity index (χ3v) is 4.36. The molecule has 96 valence electrons. The summed E-state index contributed by atoms with van der Waals surface area (Å²) in [5, 5.41) is 3.54. The molecule has 1 atom stereocenters. The summed E-state index contributed by atoms with van der Waals surface area (Å²) < 4.78 is 11.9. The van der Waals surface area contributed by atoms with E-state index < -0.39 is 0 Å². The third-order valence-electron chi connectivity index (χ3n) is 4.36. The molecule has 1 aliphatic carbocycles. The number of ether oxygens (including phenoxy) is 2. The maximum absolute atomic E-state index is 5.99. The summed E-state index contributed by atoms with van der Waals surface area (Å²) in [6.07, 6.45) is 6.97. The van der Waals surface area contributed by atoms with Crippen LogP contribution in [-0.2, 0) is 6.42 Å². The lowest BCUT2D eigenvalue weighted by molar-refractivity contribution is -0.138. The SMILES string of the molecule is c1cc2c(cc1CC1CCCN1)OC1(CCC1)O2. The van der Waals surface area contributed by atoms with E-state index in [1.54, 1.807) is 0 Å². The van der Waals surface area contributed by atoms with Crippen LogP contribution >= 0.6 is 0 Å². The highest BCUT2D eigenvalue weighted by molar-refractivity contribution is 5.46. The van der Waals surface area contributed by atoms with Crippen molar-refractivity contribution in [3.8, 4) is 11.5 Å². The first kappa shape index (κ1) is 10.7. The van der Waals surface area contributed by atoms with Gasteiger partial charge in [0, 0.05) is 18.9 Å². The second-order valence-electron chi connectivity index (χ2n) is 5.75. The molecule has 4 rings (SSSR count). The van der Waals surface area contributed by atoms with Gasteiger partial charge in [-0.25, -0.2) is 0 Å². The van der Waals surface area contributed by atoms with Crippen LogP contribution in [0, 0.1) is 0 Å². The molecule has 1 aromatic carbocycles. The second kappa shape index (κ2) is 3.89. The first-order valence-corrected chi connectivity index (χ1v) is 7.07. The predicted molar refractivity (Wildman–Crippen MR) is 69.0 cm³/mol. The summed E-state index contributed by atoms with van der Waals surface area (Å²) in [6.45, 7) is 1.17. The van der Waals surface area contributed by atoms with Crippen LogP contribution in [0.2, 0.25) is 0 Å². The van der Waals surface area contributed by atoms with Gasteiger partial charge in [0.1, 0.15) is 0 Å². The number of rotatable bonds is 2. The normalized spacial score (nSPS) is 27.4. The van der Waals surface area contributed by atoms with Crippen molar-refractivity contribution in [1.82, 2.24) is 5.32 Å². The molecule has 2 aliphatic heterocycles. The van der Waals surface area contributed by atoms with Gasteiger partial charge in [0.25, 0.3) is 5.79 Å². The highest BCUT2D eigenvalue weighted by atomic mass is 16.7. The zero-order chi connectivity index (χ0) is 12.0. The lowest BCUT2D eigenvalue weighted by Crippen LogP contribution is -2.45. The Morgan fingerprint density at radius 3 is 2.78 bits per heavy atom. The smallest absolute Gasteiger partial charge is 0.251 e. The molecule has 3 aliphatic rings. The molecule has 1 aromatic rings. The molecule has 0 bridgehead atoms. The Labute approximate surface area is 107 Å². The van der Waals surface area contributed by atoms with Crippen LogP contribution in [0.1, 0.15) is 37.7 Å². The van der Waals surface area contributed by atoms with E-state index in [-0.39, 0.29) is 5.79 Å². The molecular formula is C15H19NO2. The Hall–Kier alpha value is -1.22. The van der Waals surface area contributed by atoms with Gasteiger partial charge in [-0.1, -0.05) is 6.07 Å². The minimum absolute atomic E-state index is 0.299. The van der Waals surface area contributed by atoms with Crippen LogP contribution in [0.4, 0.5) is 0 Å². The summed E-state index contributed by atoms with van der Waals surface area (Å²) in [6, 6.07) is 7.07. The van der Waals surface area contributed by atoms with Gasteiger partial charge in [0.2, 0.25) is 0 Å².